The Labute approximate surface area is 119 Å². The highest BCUT2D eigenvalue weighted by molar-refractivity contribution is 7.89. The molecule has 1 heterocycles. The van der Waals surface area contributed by atoms with Crippen LogP contribution >= 0.6 is 0 Å². The maximum Gasteiger partial charge on any atom is 0.240 e. The maximum absolute atomic E-state index is 12.0. The van der Waals surface area contributed by atoms with E-state index in [9.17, 15) is 8.42 Å². The first kappa shape index (κ1) is 15.1. The maximum atomic E-state index is 12.0. The summed E-state index contributed by atoms with van der Waals surface area (Å²) in [5.41, 5.74) is 7.08. The molecule has 1 unspecified atom stereocenters. The Morgan fingerprint density at radius 1 is 1.45 bits per heavy atom. The average Bonchev–Trinajstić information content (AvgIpc) is 2.42. The van der Waals surface area contributed by atoms with Crippen molar-refractivity contribution in [3.05, 3.63) is 18.2 Å². The fraction of sp³-hybridized carbons (Fsp3) is 0.538. The molecule has 6 nitrogen and oxygen atoms in total. The van der Waals surface area contributed by atoms with Gasteiger partial charge in [-0.3, -0.25) is 0 Å². The summed E-state index contributed by atoms with van der Waals surface area (Å²) < 4.78 is 31.8. The van der Waals surface area contributed by atoms with Crippen molar-refractivity contribution in [3.63, 3.8) is 0 Å². The van der Waals surface area contributed by atoms with Crippen molar-refractivity contribution in [1.82, 2.24) is 4.72 Å². The van der Waals surface area contributed by atoms with Crippen molar-refractivity contribution in [2.45, 2.75) is 30.7 Å². The zero-order chi connectivity index (χ0) is 14.6. The van der Waals surface area contributed by atoms with Crippen LogP contribution in [0.1, 0.15) is 19.8 Å². The molecule has 0 saturated carbocycles. The quantitative estimate of drug-likeness (QED) is 0.709. The molecule has 0 amide bonds. The largest absolute Gasteiger partial charge is 0.397 e. The minimum absolute atomic E-state index is 0.170. The second kappa shape index (κ2) is 6.43. The molecule has 1 aliphatic heterocycles. The molecule has 0 bridgehead atoms. The number of nitrogens with two attached hydrogens (primary N) is 1. The lowest BCUT2D eigenvalue weighted by Gasteiger charge is -2.25. The predicted molar refractivity (Wildman–Crippen MR) is 79.2 cm³/mol. The minimum Gasteiger partial charge on any atom is -0.397 e. The van der Waals surface area contributed by atoms with Gasteiger partial charge in [-0.1, -0.05) is 6.92 Å². The number of nitrogens with one attached hydrogen (secondary N) is 2. The van der Waals surface area contributed by atoms with Crippen LogP contribution in [0.25, 0.3) is 0 Å². The highest BCUT2D eigenvalue weighted by atomic mass is 32.2. The Hall–Kier alpha value is -1.31. The van der Waals surface area contributed by atoms with Crippen LogP contribution in [0.3, 0.4) is 0 Å². The number of anilines is 2. The molecule has 1 aromatic carbocycles. The van der Waals surface area contributed by atoms with E-state index in [4.69, 9.17) is 10.5 Å². The van der Waals surface area contributed by atoms with E-state index < -0.39 is 10.0 Å². The van der Waals surface area contributed by atoms with E-state index >= 15 is 0 Å². The predicted octanol–water partition coefficient (Wildman–Crippen LogP) is 1.16. The Balaban J connectivity index is 2.20. The number of rotatable bonds is 5. The van der Waals surface area contributed by atoms with Crippen LogP contribution in [-0.4, -0.2) is 34.2 Å². The molecule has 1 aromatic rings. The number of ether oxygens (including phenoxy) is 1. The third-order valence-electron chi connectivity index (χ3n) is 3.19. The summed E-state index contributed by atoms with van der Waals surface area (Å²) in [4.78, 5) is 0.216. The van der Waals surface area contributed by atoms with Crippen LogP contribution in [0.15, 0.2) is 23.1 Å². The Bertz CT molecular complexity index is 554. The number of hydrogen-bond acceptors (Lipinski definition) is 5. The Morgan fingerprint density at radius 3 is 2.90 bits per heavy atom. The van der Waals surface area contributed by atoms with Crippen LogP contribution in [0.2, 0.25) is 0 Å². The number of benzene rings is 1. The molecule has 1 fully saturated rings. The smallest absolute Gasteiger partial charge is 0.240 e. The average molecular weight is 299 g/mol. The Kier molecular flexibility index (Phi) is 4.85. The summed E-state index contributed by atoms with van der Waals surface area (Å²) in [6.07, 6.45) is 1.98. The van der Waals surface area contributed by atoms with Crippen molar-refractivity contribution in [3.8, 4) is 0 Å². The molecular formula is C13H21N3O3S. The van der Waals surface area contributed by atoms with Crippen LogP contribution in [0.4, 0.5) is 11.4 Å². The van der Waals surface area contributed by atoms with E-state index in [-0.39, 0.29) is 10.9 Å². The van der Waals surface area contributed by atoms with Gasteiger partial charge in [0.2, 0.25) is 10.0 Å². The molecule has 0 aliphatic carbocycles. The summed E-state index contributed by atoms with van der Waals surface area (Å²) >= 11 is 0. The van der Waals surface area contributed by atoms with E-state index in [2.05, 4.69) is 10.0 Å². The van der Waals surface area contributed by atoms with Gasteiger partial charge in [-0.05, 0) is 31.0 Å². The molecule has 0 aromatic heterocycles. The van der Waals surface area contributed by atoms with E-state index in [0.29, 0.717) is 24.5 Å². The minimum atomic E-state index is -3.47. The van der Waals surface area contributed by atoms with Crippen molar-refractivity contribution in [2.24, 2.45) is 0 Å². The number of hydrogen-bond donors (Lipinski definition) is 3. The lowest BCUT2D eigenvalue weighted by Crippen LogP contribution is -2.30. The molecule has 1 aliphatic rings. The monoisotopic (exact) mass is 299 g/mol. The molecule has 7 heteroatoms. The fourth-order valence-electron chi connectivity index (χ4n) is 2.18. The molecule has 0 spiro atoms. The highest BCUT2D eigenvalue weighted by Crippen LogP contribution is 2.25. The van der Waals surface area contributed by atoms with Crippen LogP contribution in [0, 0.1) is 0 Å². The topological polar surface area (TPSA) is 93.5 Å². The zero-order valence-corrected chi connectivity index (χ0v) is 12.4. The molecule has 1 atom stereocenters. The van der Waals surface area contributed by atoms with E-state index in [0.717, 1.165) is 19.4 Å². The molecule has 2 rings (SSSR count). The van der Waals surface area contributed by atoms with E-state index in [1.54, 1.807) is 19.1 Å². The molecule has 112 valence electrons. The normalized spacial score (nSPS) is 19.8. The van der Waals surface area contributed by atoms with Crippen LogP contribution in [-0.2, 0) is 14.8 Å². The van der Waals surface area contributed by atoms with Crippen molar-refractivity contribution < 1.29 is 13.2 Å². The van der Waals surface area contributed by atoms with Gasteiger partial charge in [-0.25, -0.2) is 13.1 Å². The van der Waals surface area contributed by atoms with Gasteiger partial charge in [0.05, 0.1) is 22.9 Å². The van der Waals surface area contributed by atoms with E-state index in [1.807, 2.05) is 0 Å². The second-order valence-corrected chi connectivity index (χ2v) is 6.58. The van der Waals surface area contributed by atoms with Crippen LogP contribution < -0.4 is 15.8 Å². The van der Waals surface area contributed by atoms with Crippen molar-refractivity contribution in [1.29, 1.82) is 0 Å². The van der Waals surface area contributed by atoms with Gasteiger partial charge in [0, 0.05) is 19.2 Å². The van der Waals surface area contributed by atoms with Gasteiger partial charge in [-0.15, -0.1) is 0 Å². The second-order valence-electron chi connectivity index (χ2n) is 4.81. The van der Waals surface area contributed by atoms with Gasteiger partial charge >= 0.3 is 0 Å². The lowest BCUT2D eigenvalue weighted by atomic mass is 10.1. The third kappa shape index (κ3) is 3.62. The van der Waals surface area contributed by atoms with Gasteiger partial charge in [-0.2, -0.15) is 0 Å². The van der Waals surface area contributed by atoms with E-state index in [1.165, 1.54) is 6.07 Å². The number of nitrogen functional groups attached to an aromatic ring is 1. The summed E-state index contributed by atoms with van der Waals surface area (Å²) in [5, 5.41) is 3.26. The van der Waals surface area contributed by atoms with Gasteiger partial charge in [0.25, 0.3) is 0 Å². The van der Waals surface area contributed by atoms with Crippen molar-refractivity contribution in [2.75, 3.05) is 30.8 Å². The molecule has 4 N–H and O–H groups in total. The van der Waals surface area contributed by atoms with Crippen molar-refractivity contribution >= 4 is 21.4 Å². The summed E-state index contributed by atoms with van der Waals surface area (Å²) in [5.74, 6) is 0. The van der Waals surface area contributed by atoms with Gasteiger partial charge in [0.15, 0.2) is 0 Å². The zero-order valence-electron chi connectivity index (χ0n) is 11.6. The first-order chi connectivity index (χ1) is 9.53. The molecule has 0 radical (unpaired) electrons. The highest BCUT2D eigenvalue weighted by Gasteiger charge is 2.18. The fourth-order valence-corrected chi connectivity index (χ4v) is 3.24. The molecule has 1 saturated heterocycles. The standard InChI is InChI=1S/C13H21N3O3S/c1-2-15-20(17,18)11-5-6-12(14)13(8-11)16-10-4-3-7-19-9-10/h5-6,8,10,15-16H,2-4,7,9,14H2,1H3. The van der Waals surface area contributed by atoms with Gasteiger partial charge in [0.1, 0.15) is 0 Å². The number of sulfonamides is 1. The molecule has 20 heavy (non-hydrogen) atoms. The molecular weight excluding hydrogens is 278 g/mol. The first-order valence-electron chi connectivity index (χ1n) is 6.76. The SMILES string of the molecule is CCNS(=O)(=O)c1ccc(N)c(NC2CCCOC2)c1. The summed E-state index contributed by atoms with van der Waals surface area (Å²) in [6.45, 7) is 3.49. The van der Waals surface area contributed by atoms with Gasteiger partial charge < -0.3 is 15.8 Å². The summed E-state index contributed by atoms with van der Waals surface area (Å²) in [6, 6.07) is 4.86. The third-order valence-corrected chi connectivity index (χ3v) is 4.73. The Morgan fingerprint density at radius 2 is 2.25 bits per heavy atom. The van der Waals surface area contributed by atoms with Crippen LogP contribution in [0.5, 0.6) is 0 Å². The summed E-state index contributed by atoms with van der Waals surface area (Å²) in [7, 11) is -3.47. The first-order valence-corrected chi connectivity index (χ1v) is 8.24. The lowest BCUT2D eigenvalue weighted by molar-refractivity contribution is 0.0876.